The van der Waals surface area contributed by atoms with Gasteiger partial charge in [0.15, 0.2) is 0 Å². The third-order valence-corrected chi connectivity index (χ3v) is 4.46. The van der Waals surface area contributed by atoms with Crippen LogP contribution in [0.15, 0.2) is 36.7 Å². The molecule has 94 valence electrons. The van der Waals surface area contributed by atoms with Crippen molar-refractivity contribution in [1.82, 2.24) is 4.98 Å². The SMILES string of the molecule is CC1CCCC1C(N)c1cccc2cnccc12. The van der Waals surface area contributed by atoms with Crippen LogP contribution in [0.2, 0.25) is 0 Å². The Bertz CT molecular complexity index is 544. The molecular formula is C16H20N2. The van der Waals surface area contributed by atoms with Gasteiger partial charge in [0.1, 0.15) is 0 Å². The minimum atomic E-state index is 0.161. The number of rotatable bonds is 2. The molecule has 1 aromatic heterocycles. The second kappa shape index (κ2) is 4.69. The van der Waals surface area contributed by atoms with Gasteiger partial charge in [0.2, 0.25) is 0 Å². The zero-order valence-corrected chi connectivity index (χ0v) is 10.8. The highest BCUT2D eigenvalue weighted by Gasteiger charge is 2.30. The van der Waals surface area contributed by atoms with Crippen molar-refractivity contribution >= 4 is 10.8 Å². The molecule has 2 nitrogen and oxygen atoms in total. The highest BCUT2D eigenvalue weighted by atomic mass is 14.7. The molecule has 3 unspecified atom stereocenters. The average Bonchev–Trinajstić information content (AvgIpc) is 2.83. The van der Waals surface area contributed by atoms with Crippen molar-refractivity contribution in [2.75, 3.05) is 0 Å². The lowest BCUT2D eigenvalue weighted by Gasteiger charge is -2.24. The molecule has 1 saturated carbocycles. The second-order valence-corrected chi connectivity index (χ2v) is 5.54. The monoisotopic (exact) mass is 240 g/mol. The first-order valence-corrected chi connectivity index (χ1v) is 6.85. The number of benzene rings is 1. The average molecular weight is 240 g/mol. The van der Waals surface area contributed by atoms with Crippen molar-refractivity contribution in [2.45, 2.75) is 32.2 Å². The van der Waals surface area contributed by atoms with E-state index in [9.17, 15) is 0 Å². The number of nitrogens with zero attached hydrogens (tertiary/aromatic N) is 1. The highest BCUT2D eigenvalue weighted by Crippen LogP contribution is 2.40. The van der Waals surface area contributed by atoms with Gasteiger partial charge in [-0.2, -0.15) is 0 Å². The Kier molecular flexibility index (Phi) is 3.04. The Hall–Kier alpha value is -1.41. The van der Waals surface area contributed by atoms with Crippen LogP contribution in [0.1, 0.15) is 37.8 Å². The van der Waals surface area contributed by atoms with Crippen molar-refractivity contribution in [3.8, 4) is 0 Å². The smallest absolute Gasteiger partial charge is 0.0346 e. The Labute approximate surface area is 108 Å². The van der Waals surface area contributed by atoms with Crippen molar-refractivity contribution in [2.24, 2.45) is 17.6 Å². The molecule has 1 aliphatic rings. The maximum atomic E-state index is 6.54. The maximum Gasteiger partial charge on any atom is 0.0346 e. The first-order chi connectivity index (χ1) is 8.77. The fourth-order valence-electron chi connectivity index (χ4n) is 3.38. The topological polar surface area (TPSA) is 38.9 Å². The number of nitrogens with two attached hydrogens (primary N) is 1. The molecule has 1 fully saturated rings. The number of hydrogen-bond acceptors (Lipinski definition) is 2. The van der Waals surface area contributed by atoms with Crippen LogP contribution in [0.25, 0.3) is 10.8 Å². The molecule has 1 heterocycles. The van der Waals surface area contributed by atoms with E-state index >= 15 is 0 Å². The summed E-state index contributed by atoms with van der Waals surface area (Å²) in [4.78, 5) is 4.18. The number of aromatic nitrogens is 1. The molecule has 2 heteroatoms. The molecule has 2 N–H and O–H groups in total. The van der Waals surface area contributed by atoms with E-state index in [0.717, 1.165) is 5.92 Å². The Balaban J connectivity index is 2.03. The third-order valence-electron chi connectivity index (χ3n) is 4.46. The van der Waals surface area contributed by atoms with Crippen LogP contribution in [0, 0.1) is 11.8 Å². The predicted molar refractivity (Wildman–Crippen MR) is 75.2 cm³/mol. The van der Waals surface area contributed by atoms with Gasteiger partial charge in [-0.15, -0.1) is 0 Å². The maximum absolute atomic E-state index is 6.54. The molecule has 18 heavy (non-hydrogen) atoms. The van der Waals surface area contributed by atoms with Crippen LogP contribution in [0.4, 0.5) is 0 Å². The number of hydrogen-bond donors (Lipinski definition) is 1. The zero-order valence-electron chi connectivity index (χ0n) is 10.8. The number of fused-ring (bicyclic) bond motifs is 1. The first kappa shape index (κ1) is 11.7. The molecule has 0 spiro atoms. The van der Waals surface area contributed by atoms with Gasteiger partial charge in [0.05, 0.1) is 0 Å². The summed E-state index contributed by atoms with van der Waals surface area (Å²) in [5, 5.41) is 2.45. The zero-order chi connectivity index (χ0) is 12.5. The fraction of sp³-hybridized carbons (Fsp3) is 0.438. The van der Waals surface area contributed by atoms with E-state index in [1.165, 1.54) is 35.6 Å². The van der Waals surface area contributed by atoms with Crippen molar-refractivity contribution < 1.29 is 0 Å². The molecule has 0 radical (unpaired) electrons. The molecule has 1 aromatic carbocycles. The van der Waals surface area contributed by atoms with Crippen LogP contribution in [0.5, 0.6) is 0 Å². The van der Waals surface area contributed by atoms with E-state index in [-0.39, 0.29) is 6.04 Å². The van der Waals surface area contributed by atoms with E-state index in [4.69, 9.17) is 5.73 Å². The largest absolute Gasteiger partial charge is 0.324 e. The fourth-order valence-corrected chi connectivity index (χ4v) is 3.38. The minimum Gasteiger partial charge on any atom is -0.324 e. The van der Waals surface area contributed by atoms with Crippen LogP contribution < -0.4 is 5.73 Å². The van der Waals surface area contributed by atoms with Crippen LogP contribution in [-0.4, -0.2) is 4.98 Å². The summed E-state index contributed by atoms with van der Waals surface area (Å²) < 4.78 is 0. The first-order valence-electron chi connectivity index (χ1n) is 6.85. The van der Waals surface area contributed by atoms with Crippen LogP contribution in [0.3, 0.4) is 0 Å². The molecule has 0 bridgehead atoms. The Morgan fingerprint density at radius 2 is 2.17 bits per heavy atom. The van der Waals surface area contributed by atoms with Crippen molar-refractivity contribution in [1.29, 1.82) is 0 Å². The summed E-state index contributed by atoms with van der Waals surface area (Å²) in [6.07, 6.45) is 7.70. The van der Waals surface area contributed by atoms with Gasteiger partial charge in [-0.05, 0) is 35.3 Å². The molecule has 0 saturated heterocycles. The predicted octanol–water partition coefficient (Wildman–Crippen LogP) is 3.67. The molecule has 0 amide bonds. The van der Waals surface area contributed by atoms with Gasteiger partial charge < -0.3 is 5.73 Å². The summed E-state index contributed by atoms with van der Waals surface area (Å²) in [5.41, 5.74) is 7.82. The minimum absolute atomic E-state index is 0.161. The summed E-state index contributed by atoms with van der Waals surface area (Å²) in [6.45, 7) is 2.34. The number of pyridine rings is 1. The van der Waals surface area contributed by atoms with E-state index in [1.807, 2.05) is 12.4 Å². The van der Waals surface area contributed by atoms with E-state index in [2.05, 4.69) is 36.2 Å². The molecule has 3 rings (SSSR count). The van der Waals surface area contributed by atoms with Crippen LogP contribution >= 0.6 is 0 Å². The van der Waals surface area contributed by atoms with Gasteiger partial charge >= 0.3 is 0 Å². The normalized spacial score (nSPS) is 25.4. The summed E-state index contributed by atoms with van der Waals surface area (Å²) >= 11 is 0. The van der Waals surface area contributed by atoms with E-state index in [1.54, 1.807) is 0 Å². The van der Waals surface area contributed by atoms with Crippen molar-refractivity contribution in [3.05, 3.63) is 42.2 Å². The standard InChI is InChI=1S/C16H20N2/c1-11-4-2-6-13(11)16(17)15-7-3-5-12-10-18-9-8-14(12)15/h3,5,7-11,13,16H,2,4,6,17H2,1H3. The lowest BCUT2D eigenvalue weighted by atomic mass is 9.85. The van der Waals surface area contributed by atoms with Gasteiger partial charge in [-0.25, -0.2) is 0 Å². The second-order valence-electron chi connectivity index (χ2n) is 5.54. The highest BCUT2D eigenvalue weighted by molar-refractivity contribution is 5.85. The lowest BCUT2D eigenvalue weighted by molar-refractivity contribution is 0.352. The molecule has 0 aliphatic heterocycles. The van der Waals surface area contributed by atoms with Gasteiger partial charge in [-0.1, -0.05) is 38.0 Å². The summed E-state index contributed by atoms with van der Waals surface area (Å²) in [7, 11) is 0. The molecule has 2 aromatic rings. The quantitative estimate of drug-likeness (QED) is 0.869. The molecular weight excluding hydrogens is 220 g/mol. The van der Waals surface area contributed by atoms with Gasteiger partial charge in [0, 0.05) is 23.8 Å². The van der Waals surface area contributed by atoms with E-state index < -0.39 is 0 Å². The summed E-state index contributed by atoms with van der Waals surface area (Å²) in [6, 6.07) is 8.63. The lowest BCUT2D eigenvalue weighted by Crippen LogP contribution is -2.23. The van der Waals surface area contributed by atoms with Crippen molar-refractivity contribution in [3.63, 3.8) is 0 Å². The van der Waals surface area contributed by atoms with Gasteiger partial charge in [-0.3, -0.25) is 4.98 Å². The summed E-state index contributed by atoms with van der Waals surface area (Å²) in [5.74, 6) is 1.38. The Morgan fingerprint density at radius 1 is 1.28 bits per heavy atom. The van der Waals surface area contributed by atoms with Crippen LogP contribution in [-0.2, 0) is 0 Å². The molecule has 3 atom stereocenters. The molecule has 1 aliphatic carbocycles. The third kappa shape index (κ3) is 1.91. The van der Waals surface area contributed by atoms with Gasteiger partial charge in [0.25, 0.3) is 0 Å². The Morgan fingerprint density at radius 3 is 2.94 bits per heavy atom. The van der Waals surface area contributed by atoms with E-state index in [0.29, 0.717) is 5.92 Å².